The zero-order valence-electron chi connectivity index (χ0n) is 15.7. The monoisotopic (exact) mass is 441 g/mol. The number of hydrogen-bond acceptors (Lipinski definition) is 8. The Bertz CT molecular complexity index is 1340. The van der Waals surface area contributed by atoms with Crippen molar-refractivity contribution in [2.75, 3.05) is 6.61 Å². The lowest BCUT2D eigenvalue weighted by Crippen LogP contribution is -2.08. The summed E-state index contributed by atoms with van der Waals surface area (Å²) < 4.78 is 10.7. The molecular weight excluding hydrogens is 426 g/mol. The van der Waals surface area contributed by atoms with Crippen molar-refractivity contribution in [1.29, 1.82) is 0 Å². The Morgan fingerprint density at radius 1 is 1.23 bits per heavy atom. The summed E-state index contributed by atoms with van der Waals surface area (Å²) in [5, 5.41) is 15.9. The highest BCUT2D eigenvalue weighted by atomic mass is 32.2. The summed E-state index contributed by atoms with van der Waals surface area (Å²) in [5.41, 5.74) is -0.0406. The van der Waals surface area contributed by atoms with Gasteiger partial charge in [0.25, 0.3) is 5.69 Å². The van der Waals surface area contributed by atoms with E-state index in [1.54, 1.807) is 24.4 Å². The molecule has 30 heavy (non-hydrogen) atoms. The number of carbonyl (C=O) groups excluding carboxylic acids is 1. The van der Waals surface area contributed by atoms with Gasteiger partial charge in [0.05, 0.1) is 28.4 Å². The molecule has 0 fully saturated rings. The van der Waals surface area contributed by atoms with Crippen molar-refractivity contribution in [2.45, 2.75) is 22.4 Å². The molecule has 0 aliphatic carbocycles. The van der Waals surface area contributed by atoms with Gasteiger partial charge >= 0.3 is 11.6 Å². The molecule has 0 atom stereocenters. The highest BCUT2D eigenvalue weighted by Crippen LogP contribution is 2.42. The number of esters is 1. The van der Waals surface area contributed by atoms with E-state index in [1.165, 1.54) is 0 Å². The van der Waals surface area contributed by atoms with E-state index < -0.39 is 16.5 Å². The highest BCUT2D eigenvalue weighted by molar-refractivity contribution is 8.01. The smallest absolute Gasteiger partial charge is 0.350 e. The molecule has 2 aromatic heterocycles. The van der Waals surface area contributed by atoms with Crippen molar-refractivity contribution < 1.29 is 18.9 Å². The molecule has 0 amide bonds. The van der Waals surface area contributed by atoms with Crippen LogP contribution in [0.25, 0.3) is 21.7 Å². The van der Waals surface area contributed by atoms with Crippen LogP contribution in [0.15, 0.2) is 66.2 Å². The molecule has 0 bridgehead atoms. The van der Waals surface area contributed by atoms with Crippen LogP contribution in [0.3, 0.4) is 0 Å². The van der Waals surface area contributed by atoms with Crippen molar-refractivity contribution in [3.8, 4) is 0 Å². The fourth-order valence-corrected chi connectivity index (χ4v) is 5.32. The molecule has 0 saturated carbocycles. The Labute approximate surface area is 178 Å². The average Bonchev–Trinajstić information content (AvgIpc) is 3.11. The quantitative estimate of drug-likeness (QED) is 0.134. The Balaban J connectivity index is 1.77. The maximum absolute atomic E-state index is 12.5. The van der Waals surface area contributed by atoms with Crippen molar-refractivity contribution in [2.24, 2.45) is 0 Å². The van der Waals surface area contributed by atoms with Gasteiger partial charge in [-0.3, -0.25) is 14.9 Å². The number of nitro groups is 1. The molecule has 9 heteroatoms. The molecule has 2 aromatic carbocycles. The first-order chi connectivity index (χ1) is 14.5. The molecule has 0 unspecified atom stereocenters. The summed E-state index contributed by atoms with van der Waals surface area (Å²) >= 11 is 2.08. The number of rotatable bonds is 6. The van der Waals surface area contributed by atoms with E-state index in [2.05, 4.69) is 0 Å². The van der Waals surface area contributed by atoms with Crippen molar-refractivity contribution in [1.82, 2.24) is 0 Å². The minimum Gasteiger partial charge on any atom is -0.466 e. The number of fused-ring (bicyclic) bond motifs is 3. The van der Waals surface area contributed by atoms with Gasteiger partial charge in [0.2, 0.25) is 0 Å². The Morgan fingerprint density at radius 2 is 2.03 bits per heavy atom. The van der Waals surface area contributed by atoms with E-state index in [0.29, 0.717) is 9.79 Å². The molecule has 0 saturated heterocycles. The standard InChI is InChI=1S/C21H15NO6S2/c1-2-27-18(23)9-13-11-29-21(19(13)22(25)26)30-17-10-15-14-6-4-3-5-12(14)7-8-16(15)28-20(17)24/h3-8,10-11H,2,9H2,1H3. The van der Waals surface area contributed by atoms with Crippen LogP contribution in [0.4, 0.5) is 5.69 Å². The van der Waals surface area contributed by atoms with E-state index in [-0.39, 0.29) is 29.2 Å². The molecule has 0 aliphatic rings. The number of carbonyl (C=O) groups is 1. The second-order valence-corrected chi connectivity index (χ2v) is 8.52. The average molecular weight is 441 g/mol. The fourth-order valence-electron chi connectivity index (χ4n) is 3.15. The van der Waals surface area contributed by atoms with Gasteiger partial charge in [-0.2, -0.15) is 0 Å². The van der Waals surface area contributed by atoms with E-state index in [1.807, 2.05) is 30.3 Å². The van der Waals surface area contributed by atoms with Crippen LogP contribution in [0.1, 0.15) is 12.5 Å². The van der Waals surface area contributed by atoms with Gasteiger partial charge in [-0.1, -0.05) is 42.1 Å². The third kappa shape index (κ3) is 3.81. The van der Waals surface area contributed by atoms with Gasteiger partial charge in [0.15, 0.2) is 0 Å². The van der Waals surface area contributed by atoms with E-state index in [4.69, 9.17) is 9.15 Å². The second kappa shape index (κ2) is 8.29. The molecule has 7 nitrogen and oxygen atoms in total. The molecule has 0 N–H and O–H groups in total. The predicted molar refractivity (Wildman–Crippen MR) is 115 cm³/mol. The van der Waals surface area contributed by atoms with E-state index in [9.17, 15) is 19.7 Å². The zero-order valence-corrected chi connectivity index (χ0v) is 17.4. The van der Waals surface area contributed by atoms with Gasteiger partial charge in [-0.15, -0.1) is 11.3 Å². The zero-order chi connectivity index (χ0) is 21.3. The van der Waals surface area contributed by atoms with Gasteiger partial charge in [-0.05, 0) is 29.8 Å². The van der Waals surface area contributed by atoms with Crippen LogP contribution in [-0.4, -0.2) is 17.5 Å². The summed E-state index contributed by atoms with van der Waals surface area (Å²) in [4.78, 5) is 35.6. The largest absolute Gasteiger partial charge is 0.466 e. The molecular formula is C21H15NO6S2. The fraction of sp³-hybridized carbons (Fsp3) is 0.143. The third-order valence-electron chi connectivity index (χ3n) is 4.44. The maximum atomic E-state index is 12.5. The number of benzene rings is 2. The number of nitrogens with zero attached hydrogens (tertiary/aromatic N) is 1. The third-order valence-corrected chi connectivity index (χ3v) is 6.67. The normalized spacial score (nSPS) is 11.1. The lowest BCUT2D eigenvalue weighted by Gasteiger charge is -2.05. The molecule has 152 valence electrons. The van der Waals surface area contributed by atoms with Crippen LogP contribution >= 0.6 is 23.1 Å². The van der Waals surface area contributed by atoms with Crippen molar-refractivity contribution >= 4 is 56.5 Å². The van der Waals surface area contributed by atoms with Crippen molar-refractivity contribution in [3.05, 3.63) is 73.9 Å². The topological polar surface area (TPSA) is 99.7 Å². The van der Waals surface area contributed by atoms with Gasteiger partial charge in [0.1, 0.15) is 9.79 Å². The first-order valence-corrected chi connectivity index (χ1v) is 10.7. The lowest BCUT2D eigenvalue weighted by molar-refractivity contribution is -0.387. The van der Waals surface area contributed by atoms with Crippen LogP contribution in [-0.2, 0) is 16.0 Å². The van der Waals surface area contributed by atoms with Gasteiger partial charge in [0, 0.05) is 10.8 Å². The first kappa shape index (κ1) is 20.1. The van der Waals surface area contributed by atoms with E-state index >= 15 is 0 Å². The van der Waals surface area contributed by atoms with Gasteiger partial charge < -0.3 is 9.15 Å². The predicted octanol–water partition coefficient (Wildman–Crippen LogP) is 5.17. The van der Waals surface area contributed by atoms with Crippen LogP contribution in [0, 0.1) is 10.1 Å². The molecule has 0 radical (unpaired) electrons. The molecule has 2 heterocycles. The number of ether oxygens (including phenoxy) is 1. The molecule has 4 aromatic rings. The maximum Gasteiger partial charge on any atom is 0.350 e. The summed E-state index contributed by atoms with van der Waals surface area (Å²) in [6.45, 7) is 1.87. The number of thiophene rings is 1. The number of hydrogen-bond donors (Lipinski definition) is 0. The Morgan fingerprint density at radius 3 is 2.80 bits per heavy atom. The SMILES string of the molecule is CCOC(=O)Cc1csc(Sc2cc3c(ccc4ccccc43)oc2=O)c1[N+](=O)[O-]. The summed E-state index contributed by atoms with van der Waals surface area (Å²) in [7, 11) is 0. The summed E-state index contributed by atoms with van der Waals surface area (Å²) in [5.74, 6) is -0.536. The second-order valence-electron chi connectivity index (χ2n) is 6.33. The first-order valence-electron chi connectivity index (χ1n) is 9.01. The van der Waals surface area contributed by atoms with Crippen LogP contribution < -0.4 is 5.63 Å². The Hall–Kier alpha value is -3.17. The highest BCUT2D eigenvalue weighted by Gasteiger charge is 2.26. The van der Waals surface area contributed by atoms with Gasteiger partial charge in [-0.25, -0.2) is 4.79 Å². The van der Waals surface area contributed by atoms with Crippen LogP contribution in [0.2, 0.25) is 0 Å². The van der Waals surface area contributed by atoms with Crippen molar-refractivity contribution in [3.63, 3.8) is 0 Å². The molecule has 0 aliphatic heterocycles. The van der Waals surface area contributed by atoms with Crippen LogP contribution in [0.5, 0.6) is 0 Å². The summed E-state index contributed by atoms with van der Waals surface area (Å²) in [6, 6.07) is 13.0. The molecule has 0 spiro atoms. The Kier molecular flexibility index (Phi) is 5.56. The minimum atomic E-state index is -0.572. The van der Waals surface area contributed by atoms with E-state index in [0.717, 1.165) is 39.3 Å². The molecule has 4 rings (SSSR count). The lowest BCUT2D eigenvalue weighted by atomic mass is 10.1. The minimum absolute atomic E-state index is 0.185. The summed E-state index contributed by atoms with van der Waals surface area (Å²) in [6.07, 6.45) is -0.196.